The first-order valence-corrected chi connectivity index (χ1v) is 7.70. The second-order valence-electron chi connectivity index (χ2n) is 5.68. The fourth-order valence-electron chi connectivity index (χ4n) is 2.77. The summed E-state index contributed by atoms with van der Waals surface area (Å²) < 4.78 is 21.2. The lowest BCUT2D eigenvalue weighted by molar-refractivity contribution is 0.604. The summed E-state index contributed by atoms with van der Waals surface area (Å²) in [5.74, 6) is 0.826. The quantitative estimate of drug-likeness (QED) is 0.622. The van der Waals surface area contributed by atoms with Crippen LogP contribution in [0, 0.1) is 12.7 Å². The van der Waals surface area contributed by atoms with Crippen LogP contribution in [-0.2, 0) is 7.05 Å². The number of nitrogens with one attached hydrogen (secondary N) is 1. The van der Waals surface area contributed by atoms with Crippen molar-refractivity contribution in [1.29, 1.82) is 0 Å². The van der Waals surface area contributed by atoms with Crippen molar-refractivity contribution in [3.8, 4) is 11.5 Å². The van der Waals surface area contributed by atoms with Gasteiger partial charge >= 0.3 is 0 Å². The molecule has 0 bridgehead atoms. The van der Waals surface area contributed by atoms with Gasteiger partial charge in [0, 0.05) is 19.2 Å². The first-order chi connectivity index (χ1) is 11.6. The van der Waals surface area contributed by atoms with Crippen molar-refractivity contribution in [2.45, 2.75) is 13.8 Å². The van der Waals surface area contributed by atoms with Crippen LogP contribution >= 0.6 is 0 Å². The number of anilines is 1. The molecule has 0 aliphatic rings. The standard InChI is InChI=1S/C17H16FN5O/c1-4-19-15-12-14(23(3)8-20-12)13-17(22-15)24-16(21-13)10-5-6-11(18)9(2)7-10/h5-8H,4H2,1-3H3,(H,19,22). The number of oxazole rings is 1. The Bertz CT molecular complexity index is 1070. The molecule has 0 atom stereocenters. The number of imidazole rings is 1. The molecule has 24 heavy (non-hydrogen) atoms. The Morgan fingerprint density at radius 1 is 1.25 bits per heavy atom. The van der Waals surface area contributed by atoms with Crippen molar-refractivity contribution < 1.29 is 8.81 Å². The van der Waals surface area contributed by atoms with Gasteiger partial charge in [0.05, 0.1) is 6.33 Å². The summed E-state index contributed by atoms with van der Waals surface area (Å²) in [6.07, 6.45) is 1.73. The van der Waals surface area contributed by atoms with Gasteiger partial charge in [0.15, 0.2) is 11.3 Å². The smallest absolute Gasteiger partial charge is 0.251 e. The van der Waals surface area contributed by atoms with Crippen LogP contribution in [0.4, 0.5) is 10.2 Å². The second-order valence-corrected chi connectivity index (χ2v) is 5.68. The molecular formula is C17H16FN5O. The first-order valence-electron chi connectivity index (χ1n) is 7.70. The maximum Gasteiger partial charge on any atom is 0.251 e. The summed E-state index contributed by atoms with van der Waals surface area (Å²) in [4.78, 5) is 13.5. The molecule has 0 aliphatic carbocycles. The Morgan fingerprint density at radius 2 is 2.08 bits per heavy atom. The third kappa shape index (κ3) is 2.12. The molecule has 0 fully saturated rings. The van der Waals surface area contributed by atoms with Gasteiger partial charge in [-0.3, -0.25) is 0 Å². The van der Waals surface area contributed by atoms with Gasteiger partial charge in [-0.15, -0.1) is 0 Å². The minimum absolute atomic E-state index is 0.253. The minimum Gasteiger partial charge on any atom is -0.418 e. The summed E-state index contributed by atoms with van der Waals surface area (Å²) in [6, 6.07) is 4.78. The van der Waals surface area contributed by atoms with E-state index in [0.29, 0.717) is 34.1 Å². The van der Waals surface area contributed by atoms with Crippen molar-refractivity contribution in [2.24, 2.45) is 7.05 Å². The Balaban J connectivity index is 1.99. The molecule has 3 aromatic heterocycles. The molecule has 3 heterocycles. The second kappa shape index (κ2) is 5.30. The third-order valence-electron chi connectivity index (χ3n) is 3.96. The Morgan fingerprint density at radius 3 is 2.83 bits per heavy atom. The van der Waals surface area contributed by atoms with Gasteiger partial charge in [-0.2, -0.15) is 4.98 Å². The van der Waals surface area contributed by atoms with Gasteiger partial charge in [-0.1, -0.05) is 0 Å². The van der Waals surface area contributed by atoms with E-state index in [1.807, 2.05) is 18.5 Å². The Labute approximate surface area is 137 Å². The Hall–Kier alpha value is -2.96. The van der Waals surface area contributed by atoms with Crippen LogP contribution in [0.3, 0.4) is 0 Å². The molecule has 4 aromatic rings. The van der Waals surface area contributed by atoms with E-state index in [0.717, 1.165) is 17.6 Å². The average molecular weight is 325 g/mol. The molecule has 0 radical (unpaired) electrons. The van der Waals surface area contributed by atoms with E-state index in [9.17, 15) is 4.39 Å². The van der Waals surface area contributed by atoms with Gasteiger partial charge in [0.25, 0.3) is 5.71 Å². The van der Waals surface area contributed by atoms with E-state index >= 15 is 0 Å². The van der Waals surface area contributed by atoms with Crippen LogP contribution in [0.1, 0.15) is 12.5 Å². The summed E-state index contributed by atoms with van der Waals surface area (Å²) in [5.41, 5.74) is 3.93. The van der Waals surface area contributed by atoms with E-state index in [2.05, 4.69) is 20.3 Å². The van der Waals surface area contributed by atoms with Crippen molar-refractivity contribution >= 4 is 28.1 Å². The summed E-state index contributed by atoms with van der Waals surface area (Å²) in [5, 5.41) is 3.20. The fourth-order valence-corrected chi connectivity index (χ4v) is 2.77. The minimum atomic E-state index is -0.253. The Kier molecular flexibility index (Phi) is 3.23. The molecule has 4 rings (SSSR count). The van der Waals surface area contributed by atoms with E-state index < -0.39 is 0 Å². The number of benzene rings is 1. The van der Waals surface area contributed by atoms with Crippen LogP contribution < -0.4 is 5.32 Å². The number of halogens is 1. The van der Waals surface area contributed by atoms with Crippen molar-refractivity contribution in [3.05, 3.63) is 35.9 Å². The third-order valence-corrected chi connectivity index (χ3v) is 3.96. The zero-order chi connectivity index (χ0) is 16.8. The average Bonchev–Trinajstić information content (AvgIpc) is 3.14. The highest BCUT2D eigenvalue weighted by Gasteiger charge is 2.18. The number of aryl methyl sites for hydroxylation is 2. The predicted octanol–water partition coefficient (Wildman–Crippen LogP) is 3.66. The SMILES string of the molecule is CCNc1nc2oc(-c3ccc(F)c(C)c3)nc2c2c1ncn2C. The van der Waals surface area contributed by atoms with Crippen molar-refractivity contribution in [3.63, 3.8) is 0 Å². The first kappa shape index (κ1) is 14.6. The fraction of sp³-hybridized carbons (Fsp3) is 0.235. The van der Waals surface area contributed by atoms with Crippen LogP contribution in [0.15, 0.2) is 28.9 Å². The number of pyridine rings is 1. The topological polar surface area (TPSA) is 68.8 Å². The maximum atomic E-state index is 13.5. The number of nitrogens with zero attached hydrogens (tertiary/aromatic N) is 4. The molecule has 0 aliphatic heterocycles. The van der Waals surface area contributed by atoms with Crippen LogP contribution in [0.2, 0.25) is 0 Å². The summed E-state index contributed by atoms with van der Waals surface area (Å²) >= 11 is 0. The van der Waals surface area contributed by atoms with Gasteiger partial charge in [-0.25, -0.2) is 14.4 Å². The number of fused-ring (bicyclic) bond motifs is 3. The van der Waals surface area contributed by atoms with E-state index in [4.69, 9.17) is 4.42 Å². The molecule has 0 unspecified atom stereocenters. The number of aromatic nitrogens is 4. The van der Waals surface area contributed by atoms with Gasteiger partial charge in [0.1, 0.15) is 16.9 Å². The van der Waals surface area contributed by atoms with Gasteiger partial charge in [-0.05, 0) is 37.6 Å². The molecule has 1 aromatic carbocycles. The van der Waals surface area contributed by atoms with Crippen molar-refractivity contribution in [1.82, 2.24) is 19.5 Å². The molecule has 0 saturated heterocycles. The largest absolute Gasteiger partial charge is 0.418 e. The molecule has 122 valence electrons. The van der Waals surface area contributed by atoms with Crippen molar-refractivity contribution in [2.75, 3.05) is 11.9 Å². The number of rotatable bonds is 3. The normalized spacial score (nSPS) is 11.5. The zero-order valence-corrected chi connectivity index (χ0v) is 13.6. The lowest BCUT2D eigenvalue weighted by Gasteiger charge is -2.03. The lowest BCUT2D eigenvalue weighted by atomic mass is 10.1. The highest BCUT2D eigenvalue weighted by Crippen LogP contribution is 2.31. The highest BCUT2D eigenvalue weighted by molar-refractivity contribution is 6.03. The lowest BCUT2D eigenvalue weighted by Crippen LogP contribution is -2.00. The number of hydrogen-bond donors (Lipinski definition) is 1. The molecule has 0 amide bonds. The summed E-state index contributed by atoms with van der Waals surface area (Å²) in [6.45, 7) is 4.43. The molecule has 0 spiro atoms. The van der Waals surface area contributed by atoms with Crippen LogP contribution in [0.25, 0.3) is 33.7 Å². The monoisotopic (exact) mass is 325 g/mol. The molecular weight excluding hydrogens is 309 g/mol. The maximum absolute atomic E-state index is 13.5. The van der Waals surface area contributed by atoms with Crippen LogP contribution in [-0.4, -0.2) is 26.1 Å². The van der Waals surface area contributed by atoms with Crippen LogP contribution in [0.5, 0.6) is 0 Å². The van der Waals surface area contributed by atoms with E-state index in [-0.39, 0.29) is 5.82 Å². The van der Waals surface area contributed by atoms with E-state index in [1.165, 1.54) is 6.07 Å². The zero-order valence-electron chi connectivity index (χ0n) is 13.6. The highest BCUT2D eigenvalue weighted by atomic mass is 19.1. The van der Waals surface area contributed by atoms with E-state index in [1.54, 1.807) is 25.4 Å². The molecule has 7 heteroatoms. The summed E-state index contributed by atoms with van der Waals surface area (Å²) in [7, 11) is 1.90. The molecule has 6 nitrogen and oxygen atoms in total. The predicted molar refractivity (Wildman–Crippen MR) is 90.4 cm³/mol. The van der Waals surface area contributed by atoms with Gasteiger partial charge < -0.3 is 14.3 Å². The molecule has 1 N–H and O–H groups in total. The van der Waals surface area contributed by atoms with Gasteiger partial charge in [0.2, 0.25) is 5.89 Å². The molecule has 0 saturated carbocycles. The number of hydrogen-bond acceptors (Lipinski definition) is 5.